The average Bonchev–Trinajstić information content (AvgIpc) is 1.90. The van der Waals surface area contributed by atoms with Crippen LogP contribution in [-0.2, 0) is 0 Å². The molecule has 0 unspecified atom stereocenters. The summed E-state index contributed by atoms with van der Waals surface area (Å²) in [6.45, 7) is 6.17. The summed E-state index contributed by atoms with van der Waals surface area (Å²) in [7, 11) is 0. The van der Waals surface area contributed by atoms with E-state index in [9.17, 15) is 0 Å². The van der Waals surface area contributed by atoms with Crippen molar-refractivity contribution >= 4 is 11.6 Å². The van der Waals surface area contributed by atoms with Gasteiger partial charge >= 0.3 is 0 Å². The van der Waals surface area contributed by atoms with Crippen LogP contribution in [0.25, 0.3) is 0 Å². The fourth-order valence-electron chi connectivity index (χ4n) is 0.781. The van der Waals surface area contributed by atoms with E-state index in [1.807, 2.05) is 13.8 Å². The lowest BCUT2D eigenvalue weighted by molar-refractivity contribution is 1.10. The largest absolute Gasteiger partial charge is 0.0927 e. The van der Waals surface area contributed by atoms with Gasteiger partial charge in [-0.1, -0.05) is 24.6 Å². The predicted molar refractivity (Wildman–Crippen MR) is 43.7 cm³/mol. The van der Waals surface area contributed by atoms with Crippen LogP contribution in [-0.4, -0.2) is 0 Å². The maximum Gasteiger partial charge on any atom is 0.00743 e. The zero-order chi connectivity index (χ0) is 7.28. The first-order valence-electron chi connectivity index (χ1n) is 3.18. The molecule has 0 bridgehead atoms. The van der Waals surface area contributed by atoms with Crippen LogP contribution in [0.3, 0.4) is 0 Å². The molecule has 0 aliphatic heterocycles. The molecule has 0 fully saturated rings. The molecule has 0 heterocycles. The summed E-state index contributed by atoms with van der Waals surface area (Å²) >= 11 is 5.50. The van der Waals surface area contributed by atoms with Crippen LogP contribution in [0.4, 0.5) is 0 Å². The van der Waals surface area contributed by atoms with Gasteiger partial charge in [0.25, 0.3) is 0 Å². The Bertz CT molecular complexity index is 132. The SMILES string of the molecule is C/C=C(CC)/C(C)=C/Cl. The Morgan fingerprint density at radius 2 is 2.11 bits per heavy atom. The molecule has 0 atom stereocenters. The Labute approximate surface area is 62.2 Å². The van der Waals surface area contributed by atoms with E-state index in [0.29, 0.717) is 0 Å². The first-order valence-corrected chi connectivity index (χ1v) is 3.62. The van der Waals surface area contributed by atoms with Gasteiger partial charge in [-0.25, -0.2) is 0 Å². The summed E-state index contributed by atoms with van der Waals surface area (Å²) < 4.78 is 0. The maximum atomic E-state index is 5.50. The van der Waals surface area contributed by atoms with Crippen molar-refractivity contribution in [3.63, 3.8) is 0 Å². The monoisotopic (exact) mass is 144 g/mol. The Morgan fingerprint density at radius 3 is 2.22 bits per heavy atom. The molecule has 0 aliphatic carbocycles. The first-order chi connectivity index (χ1) is 4.26. The molecule has 0 nitrogen and oxygen atoms in total. The van der Waals surface area contributed by atoms with E-state index in [4.69, 9.17) is 11.6 Å². The molecule has 0 spiro atoms. The molecule has 0 amide bonds. The number of allylic oxidation sites excluding steroid dienone is 3. The molecule has 0 N–H and O–H groups in total. The van der Waals surface area contributed by atoms with Gasteiger partial charge in [0.1, 0.15) is 0 Å². The lowest BCUT2D eigenvalue weighted by atomic mass is 10.1. The van der Waals surface area contributed by atoms with E-state index in [1.54, 1.807) is 5.54 Å². The molecule has 0 aromatic heterocycles. The molecular weight excluding hydrogens is 132 g/mol. The minimum atomic E-state index is 1.06. The third kappa shape index (κ3) is 2.71. The second kappa shape index (κ2) is 4.63. The highest BCUT2D eigenvalue weighted by Gasteiger charge is 1.92. The van der Waals surface area contributed by atoms with E-state index in [2.05, 4.69) is 13.0 Å². The highest BCUT2D eigenvalue weighted by molar-refractivity contribution is 6.25. The predicted octanol–water partition coefficient (Wildman–Crippen LogP) is 3.49. The Morgan fingerprint density at radius 1 is 1.56 bits per heavy atom. The van der Waals surface area contributed by atoms with Gasteiger partial charge in [0.15, 0.2) is 0 Å². The van der Waals surface area contributed by atoms with Crippen molar-refractivity contribution in [1.29, 1.82) is 0 Å². The van der Waals surface area contributed by atoms with Gasteiger partial charge in [0.05, 0.1) is 0 Å². The standard InChI is InChI=1S/C8H13Cl/c1-4-8(5-2)7(3)6-9/h4,6H,5H2,1-3H3/b7-6+,8-4+. The molecule has 0 aromatic carbocycles. The van der Waals surface area contributed by atoms with Gasteiger partial charge in [0.2, 0.25) is 0 Å². The van der Waals surface area contributed by atoms with E-state index in [0.717, 1.165) is 6.42 Å². The zero-order valence-electron chi connectivity index (χ0n) is 6.24. The van der Waals surface area contributed by atoms with Gasteiger partial charge in [-0.2, -0.15) is 0 Å². The van der Waals surface area contributed by atoms with Crippen molar-refractivity contribution < 1.29 is 0 Å². The van der Waals surface area contributed by atoms with Crippen molar-refractivity contribution in [2.75, 3.05) is 0 Å². The molecule has 0 saturated heterocycles. The molecule has 9 heavy (non-hydrogen) atoms. The normalized spacial score (nSPS) is 14.2. The van der Waals surface area contributed by atoms with Crippen molar-refractivity contribution in [2.24, 2.45) is 0 Å². The fourth-order valence-corrected chi connectivity index (χ4v) is 0.921. The molecule has 0 saturated carbocycles. The van der Waals surface area contributed by atoms with E-state index in [1.165, 1.54) is 11.1 Å². The van der Waals surface area contributed by atoms with Gasteiger partial charge < -0.3 is 0 Å². The molecular formula is C8H13Cl. The van der Waals surface area contributed by atoms with E-state index >= 15 is 0 Å². The smallest absolute Gasteiger partial charge is 0.00743 e. The van der Waals surface area contributed by atoms with Crippen LogP contribution in [0.5, 0.6) is 0 Å². The van der Waals surface area contributed by atoms with Crippen LogP contribution in [0.2, 0.25) is 0 Å². The summed E-state index contributed by atoms with van der Waals surface area (Å²) in [6, 6.07) is 0. The van der Waals surface area contributed by atoms with Gasteiger partial charge in [-0.15, -0.1) is 0 Å². The van der Waals surface area contributed by atoms with Crippen molar-refractivity contribution in [2.45, 2.75) is 27.2 Å². The third-order valence-corrected chi connectivity index (χ3v) is 1.73. The molecule has 0 aromatic rings. The topological polar surface area (TPSA) is 0 Å². The third-order valence-electron chi connectivity index (χ3n) is 1.40. The molecule has 52 valence electrons. The molecule has 0 aliphatic rings. The highest BCUT2D eigenvalue weighted by atomic mass is 35.5. The summed E-state index contributed by atoms with van der Waals surface area (Å²) in [5.74, 6) is 0. The highest BCUT2D eigenvalue weighted by Crippen LogP contribution is 2.12. The van der Waals surface area contributed by atoms with Crippen molar-refractivity contribution in [1.82, 2.24) is 0 Å². The lowest BCUT2D eigenvalue weighted by Gasteiger charge is -2.00. The van der Waals surface area contributed by atoms with Crippen LogP contribution >= 0.6 is 11.6 Å². The fraction of sp³-hybridized carbons (Fsp3) is 0.500. The maximum absolute atomic E-state index is 5.50. The van der Waals surface area contributed by atoms with Crippen molar-refractivity contribution in [3.8, 4) is 0 Å². The minimum Gasteiger partial charge on any atom is -0.0927 e. The van der Waals surface area contributed by atoms with Gasteiger partial charge in [-0.05, 0) is 31.4 Å². The average molecular weight is 145 g/mol. The number of hydrogen-bond donors (Lipinski definition) is 0. The number of hydrogen-bond acceptors (Lipinski definition) is 0. The van der Waals surface area contributed by atoms with Crippen LogP contribution in [0.15, 0.2) is 22.8 Å². The summed E-state index contributed by atoms with van der Waals surface area (Å²) in [5, 5.41) is 0. The van der Waals surface area contributed by atoms with Gasteiger partial charge in [0, 0.05) is 5.54 Å². The minimum absolute atomic E-state index is 1.06. The number of halogens is 1. The van der Waals surface area contributed by atoms with Crippen LogP contribution in [0, 0.1) is 0 Å². The lowest BCUT2D eigenvalue weighted by Crippen LogP contribution is -1.79. The van der Waals surface area contributed by atoms with Gasteiger partial charge in [-0.3, -0.25) is 0 Å². The Kier molecular flexibility index (Phi) is 4.51. The molecule has 1 heteroatoms. The summed E-state index contributed by atoms with van der Waals surface area (Å²) in [4.78, 5) is 0. The Balaban J connectivity index is 4.14. The second-order valence-electron chi connectivity index (χ2n) is 1.96. The van der Waals surface area contributed by atoms with Crippen molar-refractivity contribution in [3.05, 3.63) is 22.8 Å². The van der Waals surface area contributed by atoms with E-state index < -0.39 is 0 Å². The van der Waals surface area contributed by atoms with Crippen LogP contribution in [0.1, 0.15) is 27.2 Å². The quantitative estimate of drug-likeness (QED) is 0.521. The zero-order valence-corrected chi connectivity index (χ0v) is 7.00. The summed E-state index contributed by atoms with van der Waals surface area (Å²) in [6.07, 6.45) is 3.15. The number of rotatable bonds is 2. The first kappa shape index (κ1) is 8.77. The summed E-state index contributed by atoms with van der Waals surface area (Å²) in [5.41, 5.74) is 4.12. The Hall–Kier alpha value is -0.230. The van der Waals surface area contributed by atoms with E-state index in [-0.39, 0.29) is 0 Å². The van der Waals surface area contributed by atoms with Crippen LogP contribution < -0.4 is 0 Å². The molecule has 0 radical (unpaired) electrons. The second-order valence-corrected chi connectivity index (χ2v) is 2.18. The molecule has 0 rings (SSSR count).